The van der Waals surface area contributed by atoms with Gasteiger partial charge in [-0.3, -0.25) is 4.99 Å². The van der Waals surface area contributed by atoms with Crippen LogP contribution in [-0.4, -0.2) is 11.5 Å². The summed E-state index contributed by atoms with van der Waals surface area (Å²) in [7, 11) is 0. The predicted molar refractivity (Wildman–Crippen MR) is 117 cm³/mol. The van der Waals surface area contributed by atoms with Crippen LogP contribution in [0.4, 0.5) is 0 Å². The van der Waals surface area contributed by atoms with Gasteiger partial charge in [0.15, 0.2) is 0 Å². The molecule has 1 aliphatic heterocycles. The lowest BCUT2D eigenvalue weighted by atomic mass is 9.67. The molecule has 0 saturated heterocycles. The minimum absolute atomic E-state index is 0.0210. The second kappa shape index (κ2) is 6.69. The van der Waals surface area contributed by atoms with E-state index in [4.69, 9.17) is 4.99 Å². The molecule has 2 aromatic carbocycles. The second-order valence-electron chi connectivity index (χ2n) is 8.92. The Balaban J connectivity index is 1.77. The zero-order valence-electron chi connectivity index (χ0n) is 17.1. The highest BCUT2D eigenvalue weighted by Gasteiger charge is 2.47. The molecule has 3 aliphatic rings. The fourth-order valence-electron chi connectivity index (χ4n) is 5.96. The van der Waals surface area contributed by atoms with Gasteiger partial charge in [0, 0.05) is 29.0 Å². The number of hydrogen-bond donors (Lipinski definition) is 0. The van der Waals surface area contributed by atoms with Gasteiger partial charge in [-0.05, 0) is 67.4 Å². The van der Waals surface area contributed by atoms with Crippen molar-refractivity contribution in [2.45, 2.75) is 70.6 Å². The lowest BCUT2D eigenvalue weighted by Gasteiger charge is -2.37. The van der Waals surface area contributed by atoms with Crippen molar-refractivity contribution >= 4 is 28.0 Å². The van der Waals surface area contributed by atoms with E-state index in [1.807, 2.05) is 0 Å². The van der Waals surface area contributed by atoms with Crippen LogP contribution >= 0.6 is 0 Å². The third-order valence-corrected chi connectivity index (χ3v) is 7.46. The Hall–Kier alpha value is -2.22. The first-order chi connectivity index (χ1) is 13.6. The van der Waals surface area contributed by atoms with Gasteiger partial charge in [0.05, 0.1) is 5.70 Å². The summed E-state index contributed by atoms with van der Waals surface area (Å²) in [4.78, 5) is 17.3. The topological polar surface area (TPSA) is 29.4 Å². The molecule has 0 spiro atoms. The Bertz CT molecular complexity index is 1030. The summed E-state index contributed by atoms with van der Waals surface area (Å²) in [5.74, 6) is 0.915. The molecule has 0 N–H and O–H groups in total. The van der Waals surface area contributed by atoms with Gasteiger partial charge in [-0.1, -0.05) is 49.7 Å². The van der Waals surface area contributed by atoms with E-state index >= 15 is 0 Å². The molecule has 144 valence electrons. The molecule has 0 radical (unpaired) electrons. The number of aliphatic imine (C=N–C) groups is 1. The number of rotatable bonds is 4. The first-order valence-corrected chi connectivity index (χ1v) is 11.0. The number of ketones is 1. The molecule has 1 saturated carbocycles. The smallest absolute Gasteiger partial charge is 0.129 e. The molecule has 2 aromatic rings. The Morgan fingerprint density at radius 2 is 2.04 bits per heavy atom. The molecule has 0 aromatic heterocycles. The number of hydrogen-bond acceptors (Lipinski definition) is 2. The maximum absolute atomic E-state index is 11.9. The van der Waals surface area contributed by atoms with E-state index < -0.39 is 0 Å². The van der Waals surface area contributed by atoms with Crippen molar-refractivity contribution in [1.29, 1.82) is 0 Å². The van der Waals surface area contributed by atoms with Crippen molar-refractivity contribution < 1.29 is 4.79 Å². The molecule has 2 unspecified atom stereocenters. The maximum Gasteiger partial charge on any atom is 0.129 e. The third-order valence-electron chi connectivity index (χ3n) is 7.46. The molecule has 1 heterocycles. The Labute approximate surface area is 167 Å². The fourth-order valence-corrected chi connectivity index (χ4v) is 5.96. The molecule has 1 fully saturated rings. The molecular weight excluding hydrogens is 342 g/mol. The van der Waals surface area contributed by atoms with Crippen LogP contribution in [0.3, 0.4) is 0 Å². The van der Waals surface area contributed by atoms with Crippen LogP contribution in [0.2, 0.25) is 0 Å². The van der Waals surface area contributed by atoms with E-state index in [9.17, 15) is 4.79 Å². The van der Waals surface area contributed by atoms with Gasteiger partial charge in [-0.15, -0.1) is 0 Å². The van der Waals surface area contributed by atoms with Gasteiger partial charge in [0.25, 0.3) is 0 Å². The second-order valence-corrected chi connectivity index (χ2v) is 8.92. The van der Waals surface area contributed by atoms with Gasteiger partial charge in [0.1, 0.15) is 5.78 Å². The largest absolute Gasteiger partial charge is 0.300 e. The van der Waals surface area contributed by atoms with Crippen LogP contribution in [0.1, 0.15) is 76.3 Å². The van der Waals surface area contributed by atoms with Crippen LogP contribution in [0.15, 0.2) is 47.0 Å². The summed E-state index contributed by atoms with van der Waals surface area (Å²) < 4.78 is 0. The van der Waals surface area contributed by atoms with E-state index in [0.29, 0.717) is 18.1 Å². The summed E-state index contributed by atoms with van der Waals surface area (Å²) in [6, 6.07) is 13.3. The third kappa shape index (κ3) is 2.53. The molecule has 0 bridgehead atoms. The molecule has 2 heteroatoms. The quantitative estimate of drug-likeness (QED) is 0.594. The normalized spacial score (nSPS) is 25.9. The van der Waals surface area contributed by atoms with Crippen molar-refractivity contribution in [3.63, 3.8) is 0 Å². The van der Waals surface area contributed by atoms with Crippen molar-refractivity contribution in [3.8, 4) is 0 Å². The average molecular weight is 372 g/mol. The first-order valence-electron chi connectivity index (χ1n) is 11.0. The number of Topliss-reactive ketones (excluding diaryl/α,β-unsaturated/α-hetero) is 1. The van der Waals surface area contributed by atoms with Crippen molar-refractivity contribution in [3.05, 3.63) is 53.1 Å². The van der Waals surface area contributed by atoms with Crippen LogP contribution in [0.25, 0.3) is 16.5 Å². The van der Waals surface area contributed by atoms with Gasteiger partial charge < -0.3 is 4.79 Å². The summed E-state index contributed by atoms with van der Waals surface area (Å²) in [5, 5.41) is 2.61. The Kier molecular flexibility index (Phi) is 4.26. The number of benzene rings is 2. The lowest BCUT2D eigenvalue weighted by molar-refractivity contribution is -0.117. The summed E-state index contributed by atoms with van der Waals surface area (Å²) in [6.45, 7) is 4.03. The highest BCUT2D eigenvalue weighted by molar-refractivity contribution is 6.04. The van der Waals surface area contributed by atoms with Crippen LogP contribution in [-0.2, 0) is 10.2 Å². The molecular formula is C26H29NO. The lowest BCUT2D eigenvalue weighted by Crippen LogP contribution is -2.31. The van der Waals surface area contributed by atoms with Gasteiger partial charge >= 0.3 is 0 Å². The molecule has 2 nitrogen and oxygen atoms in total. The number of carbonyl (C=O) groups is 1. The number of allylic oxidation sites excluding steroid dienone is 1. The zero-order chi connectivity index (χ0) is 19.3. The van der Waals surface area contributed by atoms with E-state index in [-0.39, 0.29) is 5.41 Å². The van der Waals surface area contributed by atoms with Crippen molar-refractivity contribution in [2.24, 2.45) is 10.9 Å². The number of carbonyl (C=O) groups excluding carboxylic acids is 1. The van der Waals surface area contributed by atoms with E-state index in [1.54, 1.807) is 6.92 Å². The van der Waals surface area contributed by atoms with Crippen LogP contribution in [0.5, 0.6) is 0 Å². The molecule has 5 rings (SSSR count). The zero-order valence-corrected chi connectivity index (χ0v) is 17.1. The Morgan fingerprint density at radius 3 is 2.86 bits per heavy atom. The maximum atomic E-state index is 11.9. The highest BCUT2D eigenvalue weighted by atomic mass is 16.1. The van der Waals surface area contributed by atoms with Gasteiger partial charge in [-0.2, -0.15) is 0 Å². The number of fused-ring (bicyclic) bond motifs is 5. The minimum atomic E-state index is -0.0210. The van der Waals surface area contributed by atoms with E-state index in [2.05, 4.69) is 43.3 Å². The summed E-state index contributed by atoms with van der Waals surface area (Å²) in [6.07, 6.45) is 8.80. The van der Waals surface area contributed by atoms with Gasteiger partial charge in [0.2, 0.25) is 0 Å². The number of nitrogens with zero attached hydrogens (tertiary/aromatic N) is 1. The fraction of sp³-hybridized carbons (Fsp3) is 0.462. The summed E-state index contributed by atoms with van der Waals surface area (Å²) in [5.41, 5.74) is 6.97. The van der Waals surface area contributed by atoms with Crippen molar-refractivity contribution in [2.75, 3.05) is 0 Å². The average Bonchev–Trinajstić information content (AvgIpc) is 3.00. The minimum Gasteiger partial charge on any atom is -0.300 e. The van der Waals surface area contributed by atoms with E-state index in [0.717, 1.165) is 25.7 Å². The molecule has 2 atom stereocenters. The Morgan fingerprint density at radius 1 is 1.18 bits per heavy atom. The van der Waals surface area contributed by atoms with Crippen LogP contribution < -0.4 is 0 Å². The SMILES string of the molecule is CCC1(CCC(C)=O)C2=C(N=C3CCCCC3C2)c2c1ccc1ccccc21. The monoisotopic (exact) mass is 371 g/mol. The van der Waals surface area contributed by atoms with E-state index in [1.165, 1.54) is 58.1 Å². The molecule has 2 aliphatic carbocycles. The van der Waals surface area contributed by atoms with Crippen molar-refractivity contribution in [1.82, 2.24) is 0 Å². The molecule has 0 amide bonds. The van der Waals surface area contributed by atoms with Gasteiger partial charge in [-0.25, -0.2) is 0 Å². The standard InChI is InChI=1S/C26H29NO/c1-3-26(15-14-17(2)28)21-13-12-18-8-4-6-10-20(18)24(21)25-22(26)16-19-9-5-7-11-23(19)27-25/h4,6,8,10,12-13,19H,3,5,7,9,11,14-16H2,1-2H3. The predicted octanol–water partition coefficient (Wildman–Crippen LogP) is 6.62. The first kappa shape index (κ1) is 17.8. The van der Waals surface area contributed by atoms with Crippen LogP contribution in [0, 0.1) is 5.92 Å². The summed E-state index contributed by atoms with van der Waals surface area (Å²) >= 11 is 0. The molecule has 28 heavy (non-hydrogen) atoms. The highest BCUT2D eigenvalue weighted by Crippen LogP contribution is 2.57.